The third-order valence-corrected chi connectivity index (χ3v) is 4.15. The van der Waals surface area contributed by atoms with Crippen LogP contribution >= 0.6 is 0 Å². The zero-order valence-electron chi connectivity index (χ0n) is 12.1. The van der Waals surface area contributed by atoms with Crippen LogP contribution in [0.5, 0.6) is 0 Å². The first kappa shape index (κ1) is 13.9. The number of nitrogens with one attached hydrogen (secondary N) is 2. The van der Waals surface area contributed by atoms with Crippen LogP contribution in [0.2, 0.25) is 0 Å². The van der Waals surface area contributed by atoms with Crippen molar-refractivity contribution in [3.05, 3.63) is 20.8 Å². The Kier molecular flexibility index (Phi) is 3.32. The lowest BCUT2D eigenvalue weighted by Crippen LogP contribution is -2.36. The number of imidazole rings is 1. The molecule has 0 bridgehead atoms. The van der Waals surface area contributed by atoms with E-state index in [0.717, 1.165) is 30.3 Å². The van der Waals surface area contributed by atoms with Gasteiger partial charge >= 0.3 is 5.69 Å². The van der Waals surface area contributed by atoms with Gasteiger partial charge in [0.25, 0.3) is 5.56 Å². The molecule has 0 aliphatic heterocycles. The molecule has 1 saturated carbocycles. The van der Waals surface area contributed by atoms with Crippen molar-refractivity contribution in [3.63, 3.8) is 0 Å². The quantitative estimate of drug-likeness (QED) is 0.703. The molecule has 2 aromatic rings. The Morgan fingerprint density at radius 1 is 1.24 bits per heavy atom. The minimum absolute atomic E-state index is 0.0832. The maximum atomic E-state index is 12.1. The summed E-state index contributed by atoms with van der Waals surface area (Å²) >= 11 is 0. The van der Waals surface area contributed by atoms with Crippen molar-refractivity contribution in [2.45, 2.75) is 37.8 Å². The molecule has 2 heterocycles. The molecule has 2 atom stereocenters. The summed E-state index contributed by atoms with van der Waals surface area (Å²) in [6, 6.07) is -0.0832. The molecule has 114 valence electrons. The molecular weight excluding hydrogens is 274 g/mol. The molecule has 0 saturated heterocycles. The van der Waals surface area contributed by atoms with Crippen molar-refractivity contribution >= 4 is 17.1 Å². The van der Waals surface area contributed by atoms with Gasteiger partial charge in [-0.3, -0.25) is 13.9 Å². The predicted molar refractivity (Wildman–Crippen MR) is 78.5 cm³/mol. The number of H-pyrrole nitrogens is 1. The lowest BCUT2D eigenvalue weighted by atomic mass is 9.93. The summed E-state index contributed by atoms with van der Waals surface area (Å²) in [5, 5.41) is 13.1. The molecule has 0 radical (unpaired) electrons. The smallest absolute Gasteiger partial charge is 0.332 e. The predicted octanol–water partition coefficient (Wildman–Crippen LogP) is -0.324. The van der Waals surface area contributed by atoms with Crippen LogP contribution in [0, 0.1) is 0 Å². The molecule has 3 rings (SSSR count). The Balaban J connectivity index is 2.02. The topological polar surface area (TPSA) is 105 Å². The monoisotopic (exact) mass is 293 g/mol. The van der Waals surface area contributed by atoms with E-state index in [9.17, 15) is 14.7 Å². The van der Waals surface area contributed by atoms with Crippen LogP contribution < -0.4 is 16.6 Å². The van der Waals surface area contributed by atoms with E-state index in [1.807, 2.05) is 0 Å². The molecule has 8 heteroatoms. The maximum absolute atomic E-state index is 12.1. The molecule has 0 aromatic carbocycles. The number of hydrogen-bond acceptors (Lipinski definition) is 5. The number of nitrogens with zero attached hydrogens (tertiary/aromatic N) is 3. The van der Waals surface area contributed by atoms with Gasteiger partial charge in [0.15, 0.2) is 11.2 Å². The SMILES string of the molecule is Cn1c(=O)c2[nH]c(NC3CCCCC3O)nc2n(C)c1=O. The van der Waals surface area contributed by atoms with Crippen LogP contribution in [0.1, 0.15) is 25.7 Å². The van der Waals surface area contributed by atoms with E-state index in [1.54, 1.807) is 7.05 Å². The van der Waals surface area contributed by atoms with Gasteiger partial charge in [0.05, 0.1) is 12.1 Å². The molecule has 1 aliphatic rings. The Labute approximate surface area is 120 Å². The summed E-state index contributed by atoms with van der Waals surface area (Å²) < 4.78 is 2.37. The fourth-order valence-corrected chi connectivity index (χ4v) is 2.85. The van der Waals surface area contributed by atoms with E-state index >= 15 is 0 Å². The van der Waals surface area contributed by atoms with E-state index in [4.69, 9.17) is 0 Å². The van der Waals surface area contributed by atoms with Gasteiger partial charge < -0.3 is 15.4 Å². The van der Waals surface area contributed by atoms with Crippen LogP contribution in [0.3, 0.4) is 0 Å². The average molecular weight is 293 g/mol. The lowest BCUT2D eigenvalue weighted by molar-refractivity contribution is 0.116. The third kappa shape index (κ3) is 2.25. The number of aliphatic hydroxyl groups excluding tert-OH is 1. The molecule has 8 nitrogen and oxygen atoms in total. The molecule has 0 spiro atoms. The number of aryl methyl sites for hydroxylation is 1. The van der Waals surface area contributed by atoms with Crippen LogP contribution in [0.25, 0.3) is 11.2 Å². The van der Waals surface area contributed by atoms with Gasteiger partial charge in [-0.25, -0.2) is 4.79 Å². The highest BCUT2D eigenvalue weighted by Crippen LogP contribution is 2.21. The summed E-state index contributed by atoms with van der Waals surface area (Å²) in [6.45, 7) is 0. The first-order valence-electron chi connectivity index (χ1n) is 7.09. The van der Waals surface area contributed by atoms with Crippen molar-refractivity contribution in [2.24, 2.45) is 14.1 Å². The van der Waals surface area contributed by atoms with Gasteiger partial charge in [-0.15, -0.1) is 0 Å². The van der Waals surface area contributed by atoms with Crippen molar-refractivity contribution in [1.29, 1.82) is 0 Å². The highest BCUT2D eigenvalue weighted by molar-refractivity contribution is 5.72. The summed E-state index contributed by atoms with van der Waals surface area (Å²) in [6.07, 6.45) is 3.27. The average Bonchev–Trinajstić information content (AvgIpc) is 2.89. The van der Waals surface area contributed by atoms with E-state index in [-0.39, 0.29) is 11.6 Å². The van der Waals surface area contributed by atoms with Crippen LogP contribution in [-0.4, -0.2) is 36.4 Å². The zero-order chi connectivity index (χ0) is 15.1. The minimum Gasteiger partial charge on any atom is -0.391 e. The lowest BCUT2D eigenvalue weighted by Gasteiger charge is -2.27. The maximum Gasteiger partial charge on any atom is 0.332 e. The molecule has 3 N–H and O–H groups in total. The van der Waals surface area contributed by atoms with Gasteiger partial charge in [-0.1, -0.05) is 12.8 Å². The molecule has 2 unspecified atom stereocenters. The Bertz CT molecular complexity index is 787. The third-order valence-electron chi connectivity index (χ3n) is 4.15. The second-order valence-electron chi connectivity index (χ2n) is 5.59. The number of anilines is 1. The van der Waals surface area contributed by atoms with Gasteiger partial charge in [0, 0.05) is 14.1 Å². The van der Waals surface area contributed by atoms with Crippen LogP contribution in [-0.2, 0) is 14.1 Å². The fourth-order valence-electron chi connectivity index (χ4n) is 2.85. The summed E-state index contributed by atoms with van der Waals surface area (Å²) in [5.74, 6) is 0.411. The number of aromatic nitrogens is 4. The second kappa shape index (κ2) is 5.03. The highest BCUT2D eigenvalue weighted by Gasteiger charge is 2.24. The van der Waals surface area contributed by atoms with Gasteiger partial charge in [-0.2, -0.15) is 4.98 Å². The number of fused-ring (bicyclic) bond motifs is 1. The first-order valence-corrected chi connectivity index (χ1v) is 7.09. The van der Waals surface area contributed by atoms with Crippen LogP contribution in [0.4, 0.5) is 5.95 Å². The van der Waals surface area contributed by atoms with Gasteiger partial charge in [0.2, 0.25) is 5.95 Å². The van der Waals surface area contributed by atoms with Crippen LogP contribution in [0.15, 0.2) is 9.59 Å². The number of hydrogen-bond donors (Lipinski definition) is 3. The molecule has 21 heavy (non-hydrogen) atoms. The largest absolute Gasteiger partial charge is 0.391 e. The number of aliphatic hydroxyl groups is 1. The van der Waals surface area contributed by atoms with E-state index in [1.165, 1.54) is 11.6 Å². The van der Waals surface area contributed by atoms with Gasteiger partial charge in [0.1, 0.15) is 0 Å². The highest BCUT2D eigenvalue weighted by atomic mass is 16.3. The first-order chi connectivity index (χ1) is 9.99. The van der Waals surface area contributed by atoms with E-state index in [2.05, 4.69) is 15.3 Å². The Hall–Kier alpha value is -2.09. The normalized spacial score (nSPS) is 22.6. The molecular formula is C13H19N5O3. The van der Waals surface area contributed by atoms with Gasteiger partial charge in [-0.05, 0) is 12.8 Å². The van der Waals surface area contributed by atoms with Crippen molar-refractivity contribution in [1.82, 2.24) is 19.1 Å². The summed E-state index contributed by atoms with van der Waals surface area (Å²) in [7, 11) is 3.01. The van der Waals surface area contributed by atoms with Crippen molar-refractivity contribution < 1.29 is 5.11 Å². The Morgan fingerprint density at radius 2 is 1.95 bits per heavy atom. The number of aromatic amines is 1. The van der Waals surface area contributed by atoms with E-state index < -0.39 is 17.4 Å². The number of rotatable bonds is 2. The molecule has 1 aliphatic carbocycles. The zero-order valence-corrected chi connectivity index (χ0v) is 12.1. The summed E-state index contributed by atoms with van der Waals surface area (Å²) in [5.41, 5.74) is -0.218. The summed E-state index contributed by atoms with van der Waals surface area (Å²) in [4.78, 5) is 31.1. The van der Waals surface area contributed by atoms with Crippen molar-refractivity contribution in [2.75, 3.05) is 5.32 Å². The van der Waals surface area contributed by atoms with Crippen molar-refractivity contribution in [3.8, 4) is 0 Å². The molecule has 0 amide bonds. The van der Waals surface area contributed by atoms with E-state index in [0.29, 0.717) is 11.6 Å². The minimum atomic E-state index is -0.418. The molecule has 2 aromatic heterocycles. The Morgan fingerprint density at radius 3 is 2.67 bits per heavy atom. The second-order valence-corrected chi connectivity index (χ2v) is 5.59. The molecule has 1 fully saturated rings. The fraction of sp³-hybridized carbons (Fsp3) is 0.615. The standard InChI is InChI=1S/C13H19N5O3/c1-17-10-9(11(20)18(2)13(17)21)15-12(16-10)14-7-5-3-4-6-8(7)19/h7-8,19H,3-6H2,1-2H3,(H2,14,15,16).